The average molecular weight is 355 g/mol. The number of ether oxygens (including phenoxy) is 2. The summed E-state index contributed by atoms with van der Waals surface area (Å²) in [6.07, 6.45) is 5.61. The van der Waals surface area contributed by atoms with E-state index in [1.54, 1.807) is 25.1 Å². The zero-order chi connectivity index (χ0) is 18.2. The first-order valence-corrected chi connectivity index (χ1v) is 8.36. The van der Waals surface area contributed by atoms with Crippen molar-refractivity contribution in [3.63, 3.8) is 0 Å². The maximum absolute atomic E-state index is 12.4. The molecule has 0 spiro atoms. The molecule has 1 aliphatic rings. The molecule has 1 aromatic rings. The van der Waals surface area contributed by atoms with Crippen LogP contribution in [0.5, 0.6) is 11.5 Å². The van der Waals surface area contributed by atoms with E-state index in [-0.39, 0.29) is 29.6 Å². The molecule has 2 rings (SSSR count). The number of carbonyl (C=O) groups excluding carboxylic acids is 1. The number of nitrogens with one attached hydrogen (secondary N) is 1. The Hall–Kier alpha value is -2.15. The molecule has 25 heavy (non-hydrogen) atoms. The predicted octanol–water partition coefficient (Wildman–Crippen LogP) is 3.12. The lowest BCUT2D eigenvalue weighted by Gasteiger charge is -2.25. The summed E-state index contributed by atoms with van der Waals surface area (Å²) in [7, 11) is 0. The van der Waals surface area contributed by atoms with E-state index >= 15 is 0 Å². The lowest BCUT2D eigenvalue weighted by molar-refractivity contribution is -0.117. The smallest absolute Gasteiger partial charge is 0.387 e. The number of halogens is 2. The highest BCUT2D eigenvalue weighted by molar-refractivity contribution is 5.92. The molecule has 0 unspecified atom stereocenters. The van der Waals surface area contributed by atoms with Gasteiger partial charge in [0.1, 0.15) is 0 Å². The SMILES string of the molecule is CCOc1cc(/C=C/C(=O)NC2CCC(O)CC2)ccc1OC(F)F. The number of rotatable bonds is 7. The minimum Gasteiger partial charge on any atom is -0.490 e. The molecule has 2 N–H and O–H groups in total. The Morgan fingerprint density at radius 1 is 1.32 bits per heavy atom. The van der Waals surface area contributed by atoms with Crippen molar-refractivity contribution in [2.45, 2.75) is 51.4 Å². The van der Waals surface area contributed by atoms with Crippen LogP contribution in [-0.2, 0) is 4.79 Å². The molecule has 1 saturated carbocycles. The molecule has 1 fully saturated rings. The van der Waals surface area contributed by atoms with Gasteiger partial charge in [0.05, 0.1) is 12.7 Å². The number of benzene rings is 1. The summed E-state index contributed by atoms with van der Waals surface area (Å²) < 4.78 is 34.5. The molecule has 1 amide bonds. The van der Waals surface area contributed by atoms with Gasteiger partial charge in [0, 0.05) is 12.1 Å². The lowest BCUT2D eigenvalue weighted by Crippen LogP contribution is -2.37. The monoisotopic (exact) mass is 355 g/mol. The number of aliphatic hydroxyl groups is 1. The minimum absolute atomic E-state index is 0.0424. The standard InChI is InChI=1S/C18H23F2NO4/c1-2-24-16-11-12(3-9-15(16)25-18(19)20)4-10-17(23)21-13-5-7-14(22)8-6-13/h3-4,9-11,13-14,18,22H,2,5-8H2,1H3,(H,21,23)/b10-4+. The van der Waals surface area contributed by atoms with Crippen LogP contribution in [0.15, 0.2) is 24.3 Å². The number of amides is 1. The van der Waals surface area contributed by atoms with Gasteiger partial charge in [-0.1, -0.05) is 6.07 Å². The van der Waals surface area contributed by atoms with Crippen molar-refractivity contribution in [3.8, 4) is 11.5 Å². The van der Waals surface area contributed by atoms with Gasteiger partial charge in [-0.2, -0.15) is 8.78 Å². The van der Waals surface area contributed by atoms with Gasteiger partial charge in [-0.15, -0.1) is 0 Å². The Balaban J connectivity index is 1.97. The highest BCUT2D eigenvalue weighted by atomic mass is 19.3. The van der Waals surface area contributed by atoms with E-state index in [9.17, 15) is 18.7 Å². The van der Waals surface area contributed by atoms with E-state index in [0.29, 0.717) is 25.0 Å². The quantitative estimate of drug-likeness (QED) is 0.738. The molecule has 1 aliphatic carbocycles. The Morgan fingerprint density at radius 3 is 2.68 bits per heavy atom. The largest absolute Gasteiger partial charge is 0.490 e. The van der Waals surface area contributed by atoms with Crippen LogP contribution in [0.2, 0.25) is 0 Å². The summed E-state index contributed by atoms with van der Waals surface area (Å²) in [4.78, 5) is 12.0. The van der Waals surface area contributed by atoms with Gasteiger partial charge in [0.25, 0.3) is 0 Å². The maximum atomic E-state index is 12.4. The van der Waals surface area contributed by atoms with Crippen molar-refractivity contribution < 1.29 is 28.2 Å². The molecule has 0 atom stereocenters. The Morgan fingerprint density at radius 2 is 2.04 bits per heavy atom. The van der Waals surface area contributed by atoms with Gasteiger partial charge in [-0.3, -0.25) is 4.79 Å². The van der Waals surface area contributed by atoms with Gasteiger partial charge in [-0.25, -0.2) is 0 Å². The van der Waals surface area contributed by atoms with Crippen LogP contribution in [-0.4, -0.2) is 36.4 Å². The van der Waals surface area contributed by atoms with Crippen LogP contribution in [0.3, 0.4) is 0 Å². The molecule has 0 saturated heterocycles. The average Bonchev–Trinajstić information content (AvgIpc) is 2.57. The summed E-state index contributed by atoms with van der Waals surface area (Å²) >= 11 is 0. The van der Waals surface area contributed by atoms with Crippen molar-refractivity contribution >= 4 is 12.0 Å². The highest BCUT2D eigenvalue weighted by Crippen LogP contribution is 2.30. The van der Waals surface area contributed by atoms with Gasteiger partial charge in [-0.05, 0) is 56.4 Å². The normalized spacial score (nSPS) is 20.7. The van der Waals surface area contributed by atoms with Crippen LogP contribution in [0, 0.1) is 0 Å². The fourth-order valence-corrected chi connectivity index (χ4v) is 2.73. The van der Waals surface area contributed by atoms with Crippen molar-refractivity contribution in [1.29, 1.82) is 0 Å². The zero-order valence-electron chi connectivity index (χ0n) is 14.1. The van der Waals surface area contributed by atoms with Gasteiger partial charge in [0.2, 0.25) is 5.91 Å². The van der Waals surface area contributed by atoms with Crippen molar-refractivity contribution in [2.24, 2.45) is 0 Å². The van der Waals surface area contributed by atoms with E-state index in [1.165, 1.54) is 12.1 Å². The predicted molar refractivity (Wildman–Crippen MR) is 89.7 cm³/mol. The van der Waals surface area contributed by atoms with E-state index < -0.39 is 6.61 Å². The van der Waals surface area contributed by atoms with Gasteiger partial charge < -0.3 is 19.9 Å². The Kier molecular flexibility index (Phi) is 7.18. The Labute approximate surface area is 145 Å². The molecule has 0 radical (unpaired) electrons. The molecule has 7 heteroatoms. The van der Waals surface area contributed by atoms with E-state index in [1.807, 2.05) is 0 Å². The molecular weight excluding hydrogens is 332 g/mol. The molecular formula is C18H23F2NO4. The van der Waals surface area contributed by atoms with E-state index in [2.05, 4.69) is 10.1 Å². The van der Waals surface area contributed by atoms with Crippen LogP contribution < -0.4 is 14.8 Å². The summed E-state index contributed by atoms with van der Waals surface area (Å²) in [6.45, 7) is -0.885. The summed E-state index contributed by atoms with van der Waals surface area (Å²) in [6, 6.07) is 4.57. The van der Waals surface area contributed by atoms with Crippen LogP contribution in [0.1, 0.15) is 38.2 Å². The third kappa shape index (κ3) is 6.34. The summed E-state index contributed by atoms with van der Waals surface area (Å²) in [5, 5.41) is 12.4. The van der Waals surface area contributed by atoms with Gasteiger partial charge >= 0.3 is 6.61 Å². The molecule has 138 valence electrons. The first kappa shape index (κ1) is 19.2. The highest BCUT2D eigenvalue weighted by Gasteiger charge is 2.20. The second-order valence-electron chi connectivity index (χ2n) is 5.87. The molecule has 0 bridgehead atoms. The summed E-state index contributed by atoms with van der Waals surface area (Å²) in [5.74, 6) is -0.0712. The topological polar surface area (TPSA) is 67.8 Å². The fraction of sp³-hybridized carbons (Fsp3) is 0.500. The number of hydrogen-bond donors (Lipinski definition) is 2. The molecule has 0 aromatic heterocycles. The van der Waals surface area contributed by atoms with Crippen molar-refractivity contribution in [2.75, 3.05) is 6.61 Å². The first-order chi connectivity index (χ1) is 12.0. The second kappa shape index (κ2) is 9.36. The van der Waals surface area contributed by atoms with Gasteiger partial charge in [0.15, 0.2) is 11.5 Å². The van der Waals surface area contributed by atoms with Crippen LogP contribution >= 0.6 is 0 Å². The number of hydrogen-bond acceptors (Lipinski definition) is 4. The van der Waals surface area contributed by atoms with Crippen molar-refractivity contribution in [1.82, 2.24) is 5.32 Å². The van der Waals surface area contributed by atoms with E-state index in [0.717, 1.165) is 12.8 Å². The minimum atomic E-state index is -2.93. The van der Waals surface area contributed by atoms with Crippen molar-refractivity contribution in [3.05, 3.63) is 29.8 Å². The second-order valence-corrected chi connectivity index (χ2v) is 5.87. The molecule has 5 nitrogen and oxygen atoms in total. The molecule has 0 heterocycles. The van der Waals surface area contributed by atoms with Crippen LogP contribution in [0.4, 0.5) is 8.78 Å². The molecule has 0 aliphatic heterocycles. The third-order valence-corrected chi connectivity index (χ3v) is 3.95. The molecule has 1 aromatic carbocycles. The summed E-state index contributed by atoms with van der Waals surface area (Å²) in [5.41, 5.74) is 0.638. The first-order valence-electron chi connectivity index (χ1n) is 8.36. The Bertz CT molecular complexity index is 599. The maximum Gasteiger partial charge on any atom is 0.387 e. The number of aliphatic hydroxyl groups excluding tert-OH is 1. The third-order valence-electron chi connectivity index (χ3n) is 3.95. The van der Waals surface area contributed by atoms with Crippen LogP contribution in [0.25, 0.3) is 6.08 Å². The number of alkyl halides is 2. The fourth-order valence-electron chi connectivity index (χ4n) is 2.73. The lowest BCUT2D eigenvalue weighted by atomic mass is 9.93. The number of carbonyl (C=O) groups is 1. The van der Waals surface area contributed by atoms with E-state index in [4.69, 9.17) is 4.74 Å². The zero-order valence-corrected chi connectivity index (χ0v) is 14.1.